The standard InChI is InChI=1S/C10H8F3NO3/c11-10(12,13)9(17)14-5-6-1-3-7(4-2-6)8(15)16/h1-4H,5H2,(H,14,17)(H,15,16)/i5D2/hD. The number of amides is 1. The molecule has 0 aliphatic rings. The summed E-state index contributed by atoms with van der Waals surface area (Å²) in [5.41, 5.74) is -0.654. The summed E-state index contributed by atoms with van der Waals surface area (Å²) in [6, 6.07) is 3.71. The Bertz CT molecular complexity index is 531. The number of benzene rings is 1. The zero-order valence-corrected chi connectivity index (χ0v) is 8.15. The first-order valence-electron chi connectivity index (χ1n) is 5.66. The van der Waals surface area contributed by atoms with Crippen molar-refractivity contribution in [3.63, 3.8) is 0 Å². The van der Waals surface area contributed by atoms with Crippen molar-refractivity contribution in [1.82, 2.24) is 5.31 Å². The van der Waals surface area contributed by atoms with Crippen LogP contribution in [0.15, 0.2) is 24.3 Å². The van der Waals surface area contributed by atoms with Gasteiger partial charge in [-0.25, -0.2) is 4.79 Å². The van der Waals surface area contributed by atoms with E-state index in [2.05, 4.69) is 0 Å². The van der Waals surface area contributed by atoms with Crippen LogP contribution in [-0.4, -0.2) is 23.2 Å². The molecule has 1 aromatic carbocycles. The molecule has 4 nitrogen and oxygen atoms in total. The molecule has 0 heterocycles. The molecule has 1 amide bonds. The number of halogens is 3. The topological polar surface area (TPSA) is 66.4 Å². The largest absolute Gasteiger partial charge is 0.478 e. The minimum atomic E-state index is -5.38. The van der Waals surface area contributed by atoms with Crippen molar-refractivity contribution in [2.75, 3.05) is 0 Å². The maximum absolute atomic E-state index is 12.2. The average Bonchev–Trinajstić information content (AvgIpc) is 2.35. The minimum absolute atomic E-state index is 0.205. The van der Waals surface area contributed by atoms with Crippen LogP contribution in [-0.2, 0) is 11.3 Å². The summed E-state index contributed by atoms with van der Waals surface area (Å²) >= 11 is 0. The molecule has 0 fully saturated rings. The lowest BCUT2D eigenvalue weighted by molar-refractivity contribution is -0.173. The van der Waals surface area contributed by atoms with E-state index < -0.39 is 35.4 Å². The third-order valence-electron chi connectivity index (χ3n) is 1.66. The summed E-state index contributed by atoms with van der Waals surface area (Å²) in [4.78, 5) is 21.4. The van der Waals surface area contributed by atoms with E-state index in [0.29, 0.717) is 0 Å². The van der Waals surface area contributed by atoms with E-state index in [0.717, 1.165) is 24.3 Å². The molecule has 7 heteroatoms. The quantitative estimate of drug-likeness (QED) is 0.855. The molecule has 0 spiro atoms. The number of hydrogen-bond donors (Lipinski definition) is 2. The molecule has 1 aromatic rings. The fraction of sp³-hybridized carbons (Fsp3) is 0.200. The lowest BCUT2D eigenvalue weighted by Crippen LogP contribution is -2.36. The van der Waals surface area contributed by atoms with Gasteiger partial charge in [-0.2, -0.15) is 13.2 Å². The molecule has 0 unspecified atom stereocenters. The van der Waals surface area contributed by atoms with E-state index in [1.165, 1.54) is 0 Å². The van der Waals surface area contributed by atoms with Crippen LogP contribution in [0.3, 0.4) is 0 Å². The third-order valence-corrected chi connectivity index (χ3v) is 1.66. The van der Waals surface area contributed by atoms with E-state index in [4.69, 9.17) is 9.26 Å². The number of carbonyl (C=O) groups is 2. The third kappa shape index (κ3) is 3.78. The lowest BCUT2D eigenvalue weighted by atomic mass is 10.1. The molecule has 0 bridgehead atoms. The van der Waals surface area contributed by atoms with Crippen molar-refractivity contribution < 1.29 is 32.0 Å². The van der Waals surface area contributed by atoms with Gasteiger partial charge >= 0.3 is 18.1 Å². The predicted octanol–water partition coefficient (Wildman–Crippen LogP) is 1.56. The Balaban J connectivity index is 3.09. The molecule has 17 heavy (non-hydrogen) atoms. The first-order valence-corrected chi connectivity index (χ1v) is 4.22. The van der Waals surface area contributed by atoms with Gasteiger partial charge in [0.15, 0.2) is 1.41 Å². The van der Waals surface area contributed by atoms with Gasteiger partial charge in [-0.15, -0.1) is 0 Å². The van der Waals surface area contributed by atoms with Crippen LogP contribution < -0.4 is 5.31 Å². The first-order chi connectivity index (χ1) is 8.98. The van der Waals surface area contributed by atoms with Crippen molar-refractivity contribution >= 4 is 11.9 Å². The summed E-state index contributed by atoms with van der Waals surface area (Å²) in [5, 5.41) is 7.81. The van der Waals surface area contributed by atoms with Crippen molar-refractivity contribution in [1.29, 1.82) is 0 Å². The highest BCUT2D eigenvalue weighted by molar-refractivity contribution is 5.87. The maximum atomic E-state index is 12.2. The molecule has 0 aromatic heterocycles. The van der Waals surface area contributed by atoms with Gasteiger partial charge in [0, 0.05) is 6.50 Å². The summed E-state index contributed by atoms with van der Waals surface area (Å²) in [5.74, 6) is -3.96. The zero-order chi connectivity index (χ0) is 15.7. The Kier molecular flexibility index (Phi) is 2.58. The van der Waals surface area contributed by atoms with Crippen LogP contribution in [0.5, 0.6) is 0 Å². The van der Waals surface area contributed by atoms with Gasteiger partial charge in [0.05, 0.1) is 8.30 Å². The maximum Gasteiger partial charge on any atom is 0.471 e. The van der Waals surface area contributed by atoms with Gasteiger partial charge in [0.1, 0.15) is 0 Å². The molecular formula is C10H8F3NO3. The zero-order valence-electron chi connectivity index (χ0n) is 11.2. The van der Waals surface area contributed by atoms with E-state index in [9.17, 15) is 22.8 Å². The Labute approximate surface area is 98.3 Å². The molecule has 0 saturated heterocycles. The van der Waals surface area contributed by atoms with Crippen LogP contribution in [0.25, 0.3) is 0 Å². The number of nitrogens with one attached hydrogen (secondary N) is 1. The lowest BCUT2D eigenvalue weighted by Gasteiger charge is -2.07. The Hall–Kier alpha value is -2.05. The van der Waals surface area contributed by atoms with Crippen molar-refractivity contribution in [3.05, 3.63) is 35.4 Å². The Morgan fingerprint density at radius 2 is 1.88 bits per heavy atom. The van der Waals surface area contributed by atoms with Gasteiger partial charge in [-0.3, -0.25) is 4.79 Å². The number of hydrogen-bond acceptors (Lipinski definition) is 2. The van der Waals surface area contributed by atoms with E-state index >= 15 is 0 Å². The van der Waals surface area contributed by atoms with Crippen LogP contribution in [0.4, 0.5) is 13.2 Å². The summed E-state index contributed by atoms with van der Waals surface area (Å²) < 4.78 is 58.3. The van der Waals surface area contributed by atoms with Gasteiger partial charge in [-0.05, 0) is 17.7 Å². The highest BCUT2D eigenvalue weighted by atomic mass is 19.4. The molecule has 0 atom stereocenters. The van der Waals surface area contributed by atoms with E-state index in [-0.39, 0.29) is 5.56 Å². The number of carboxylic acid groups (broad SMARTS) is 1. The first kappa shape index (κ1) is 9.03. The van der Waals surface area contributed by atoms with Crippen LogP contribution >= 0.6 is 0 Å². The van der Waals surface area contributed by atoms with Gasteiger partial charge in [0.25, 0.3) is 0 Å². The number of aromatic carboxylic acids is 1. The molecular weight excluding hydrogens is 239 g/mol. The molecule has 0 aliphatic carbocycles. The smallest absolute Gasteiger partial charge is 0.471 e. The van der Waals surface area contributed by atoms with Gasteiger partial charge in [-0.1, -0.05) is 12.1 Å². The number of alkyl halides is 3. The van der Waals surface area contributed by atoms with Gasteiger partial charge in [0.2, 0.25) is 0 Å². The highest BCUT2D eigenvalue weighted by Crippen LogP contribution is 2.14. The fourth-order valence-electron chi connectivity index (χ4n) is 0.866. The Morgan fingerprint density at radius 1 is 1.35 bits per heavy atom. The van der Waals surface area contributed by atoms with E-state index in [1.54, 1.807) is 0 Å². The second-order valence-electron chi connectivity index (χ2n) is 2.91. The predicted molar refractivity (Wildman–Crippen MR) is 51.3 cm³/mol. The monoisotopic (exact) mass is 250 g/mol. The van der Waals surface area contributed by atoms with Crippen LogP contribution in [0.2, 0.25) is 1.41 Å². The number of carboxylic acids is 1. The fourth-order valence-corrected chi connectivity index (χ4v) is 0.866. The van der Waals surface area contributed by atoms with Crippen molar-refractivity contribution in [2.45, 2.75) is 12.7 Å². The normalized spacial score (nSPS) is 14.4. The Morgan fingerprint density at radius 3 is 2.29 bits per heavy atom. The SMILES string of the molecule is [2H]N(C(=O)C(F)(F)F)C([2H])([2H])c1ccc(C(=O)O)cc1. The summed E-state index contributed by atoms with van der Waals surface area (Å²) in [7, 11) is 0. The summed E-state index contributed by atoms with van der Waals surface area (Å²) in [6.07, 6.45) is -5.38. The molecule has 92 valence electrons. The van der Waals surface area contributed by atoms with Gasteiger partial charge < -0.3 is 10.4 Å². The van der Waals surface area contributed by atoms with Crippen molar-refractivity contribution in [2.24, 2.45) is 0 Å². The van der Waals surface area contributed by atoms with Crippen molar-refractivity contribution in [3.8, 4) is 0 Å². The molecule has 0 radical (unpaired) electrons. The van der Waals surface area contributed by atoms with Crippen LogP contribution in [0, 0.1) is 0 Å². The second-order valence-corrected chi connectivity index (χ2v) is 2.91. The second kappa shape index (κ2) is 4.86. The van der Waals surface area contributed by atoms with Crippen LogP contribution in [0.1, 0.15) is 18.7 Å². The molecule has 0 saturated carbocycles. The molecule has 0 aliphatic heterocycles. The highest BCUT2D eigenvalue weighted by Gasteiger charge is 2.38. The molecule has 2 N–H and O–H groups in total. The van der Waals surface area contributed by atoms with E-state index in [1.807, 2.05) is 0 Å². The average molecular weight is 250 g/mol. The molecule has 1 rings (SSSR count). The summed E-state index contributed by atoms with van der Waals surface area (Å²) in [6.45, 7) is -3.05. The number of rotatable bonds is 3. The number of carbonyl (C=O) groups excluding carboxylic acids is 1. The minimum Gasteiger partial charge on any atom is -0.478 e.